The highest BCUT2D eigenvalue weighted by Gasteiger charge is 2.11. The van der Waals surface area contributed by atoms with E-state index < -0.39 is 5.63 Å². The molecule has 0 fully saturated rings. The van der Waals surface area contributed by atoms with E-state index in [0.717, 1.165) is 0 Å². The summed E-state index contributed by atoms with van der Waals surface area (Å²) in [6.45, 7) is 0. The summed E-state index contributed by atoms with van der Waals surface area (Å²) in [5.41, 5.74) is 0.235. The number of benzene rings is 1. The summed E-state index contributed by atoms with van der Waals surface area (Å²) >= 11 is 3.10. The molecule has 0 spiro atoms. The van der Waals surface area contributed by atoms with E-state index >= 15 is 0 Å². The van der Waals surface area contributed by atoms with Crippen molar-refractivity contribution < 1.29 is 13.9 Å². The molecule has 0 aliphatic carbocycles. The fourth-order valence-electron chi connectivity index (χ4n) is 1.55. The molecule has 0 unspecified atom stereocenters. The molecule has 94 valence electrons. The van der Waals surface area contributed by atoms with Gasteiger partial charge in [-0.3, -0.25) is 0 Å². The Morgan fingerprint density at radius 2 is 1.89 bits per heavy atom. The van der Waals surface area contributed by atoms with Crippen molar-refractivity contribution in [2.75, 3.05) is 14.2 Å². The first-order valence-electron chi connectivity index (χ1n) is 5.17. The molecule has 0 N–H and O–H groups in total. The molecular weight excluding hydrogens is 300 g/mol. The lowest BCUT2D eigenvalue weighted by atomic mass is 10.1. The molecule has 0 saturated carbocycles. The summed E-state index contributed by atoms with van der Waals surface area (Å²) in [7, 11) is 3.13. The van der Waals surface area contributed by atoms with Crippen molar-refractivity contribution in [3.05, 3.63) is 45.2 Å². The van der Waals surface area contributed by atoms with Crippen LogP contribution in [0.1, 0.15) is 0 Å². The van der Waals surface area contributed by atoms with Gasteiger partial charge in [0.25, 0.3) is 0 Å². The quantitative estimate of drug-likeness (QED) is 0.874. The second-order valence-electron chi connectivity index (χ2n) is 3.50. The maximum Gasteiger partial charge on any atom is 0.350 e. The Balaban J connectivity index is 2.60. The first-order chi connectivity index (χ1) is 8.65. The summed E-state index contributed by atoms with van der Waals surface area (Å²) in [5, 5.41) is 0. The van der Waals surface area contributed by atoms with Crippen LogP contribution < -0.4 is 15.1 Å². The molecule has 18 heavy (non-hydrogen) atoms. The average Bonchev–Trinajstić information content (AvgIpc) is 2.41. The number of hydrogen-bond donors (Lipinski definition) is 0. The highest BCUT2D eigenvalue weighted by atomic mass is 79.9. The Morgan fingerprint density at radius 3 is 2.50 bits per heavy atom. The minimum absolute atomic E-state index is 0.383. The predicted octanol–water partition coefficient (Wildman–Crippen LogP) is 3.09. The molecule has 5 heteroatoms. The van der Waals surface area contributed by atoms with E-state index in [1.807, 2.05) is 0 Å². The number of hydrogen-bond acceptors (Lipinski definition) is 4. The molecule has 1 aromatic heterocycles. The molecule has 2 rings (SSSR count). The third kappa shape index (κ3) is 2.41. The van der Waals surface area contributed by atoms with Crippen LogP contribution in [0.3, 0.4) is 0 Å². The maximum absolute atomic E-state index is 11.5. The van der Waals surface area contributed by atoms with E-state index in [1.165, 1.54) is 0 Å². The molecule has 0 saturated heterocycles. The molecule has 4 nitrogen and oxygen atoms in total. The summed E-state index contributed by atoms with van der Waals surface area (Å²) in [5.74, 6) is 1.71. The molecule has 0 aliphatic rings. The minimum Gasteiger partial charge on any atom is -0.497 e. The van der Waals surface area contributed by atoms with Crippen LogP contribution in [0.25, 0.3) is 11.3 Å². The van der Waals surface area contributed by atoms with Crippen LogP contribution in [0.4, 0.5) is 0 Å². The van der Waals surface area contributed by atoms with Crippen LogP contribution >= 0.6 is 15.9 Å². The Bertz CT molecular complexity index is 619. The SMILES string of the molecule is COc1ccc(OC)c(-c2ccc(Br)c(=O)o2)c1. The van der Waals surface area contributed by atoms with Gasteiger partial charge in [-0.2, -0.15) is 0 Å². The van der Waals surface area contributed by atoms with Gasteiger partial charge < -0.3 is 13.9 Å². The highest BCUT2D eigenvalue weighted by molar-refractivity contribution is 9.10. The largest absolute Gasteiger partial charge is 0.497 e. The molecule has 1 aromatic carbocycles. The van der Waals surface area contributed by atoms with Crippen molar-refractivity contribution >= 4 is 15.9 Å². The Labute approximate surface area is 112 Å². The zero-order valence-electron chi connectivity index (χ0n) is 9.90. The molecule has 0 bridgehead atoms. The van der Waals surface area contributed by atoms with Crippen molar-refractivity contribution in [2.24, 2.45) is 0 Å². The van der Waals surface area contributed by atoms with E-state index in [-0.39, 0.29) is 0 Å². The van der Waals surface area contributed by atoms with Crippen LogP contribution in [0, 0.1) is 0 Å². The molecule has 1 heterocycles. The zero-order chi connectivity index (χ0) is 13.1. The molecular formula is C13H11BrO4. The van der Waals surface area contributed by atoms with E-state index in [9.17, 15) is 4.79 Å². The fraction of sp³-hybridized carbons (Fsp3) is 0.154. The third-order valence-corrected chi connectivity index (χ3v) is 3.04. The number of rotatable bonds is 3. The second-order valence-corrected chi connectivity index (χ2v) is 4.36. The van der Waals surface area contributed by atoms with Crippen LogP contribution in [-0.4, -0.2) is 14.2 Å². The van der Waals surface area contributed by atoms with Gasteiger partial charge in [0.15, 0.2) is 0 Å². The first-order valence-corrected chi connectivity index (χ1v) is 5.97. The van der Waals surface area contributed by atoms with Gasteiger partial charge in [-0.25, -0.2) is 4.79 Å². The number of halogens is 1. The first kappa shape index (κ1) is 12.7. The third-order valence-electron chi connectivity index (χ3n) is 2.45. The lowest BCUT2D eigenvalue weighted by molar-refractivity contribution is 0.402. The van der Waals surface area contributed by atoms with Crippen LogP contribution in [0.15, 0.2) is 44.0 Å². The van der Waals surface area contributed by atoms with E-state index in [4.69, 9.17) is 13.9 Å². The van der Waals surface area contributed by atoms with E-state index in [0.29, 0.717) is 27.3 Å². The van der Waals surface area contributed by atoms with Gasteiger partial charge in [0.1, 0.15) is 21.7 Å². The van der Waals surface area contributed by atoms with Crippen molar-refractivity contribution in [1.29, 1.82) is 0 Å². The lowest BCUT2D eigenvalue weighted by Gasteiger charge is -2.09. The summed E-state index contributed by atoms with van der Waals surface area (Å²) in [4.78, 5) is 11.5. The Hall–Kier alpha value is -1.75. The van der Waals surface area contributed by atoms with Gasteiger partial charge in [-0.15, -0.1) is 0 Å². The molecule has 0 atom stereocenters. The van der Waals surface area contributed by atoms with Gasteiger partial charge in [0.05, 0.1) is 19.8 Å². The van der Waals surface area contributed by atoms with Crippen LogP contribution in [0.2, 0.25) is 0 Å². The van der Waals surface area contributed by atoms with Crippen molar-refractivity contribution in [3.63, 3.8) is 0 Å². The number of methoxy groups -OCH3 is 2. The Morgan fingerprint density at radius 1 is 1.11 bits per heavy atom. The van der Waals surface area contributed by atoms with Crippen LogP contribution in [-0.2, 0) is 0 Å². The van der Waals surface area contributed by atoms with Gasteiger partial charge in [-0.05, 0) is 46.3 Å². The average molecular weight is 311 g/mol. The predicted molar refractivity (Wildman–Crippen MR) is 71.2 cm³/mol. The molecule has 2 aromatic rings. The van der Waals surface area contributed by atoms with Gasteiger partial charge in [-0.1, -0.05) is 0 Å². The fourth-order valence-corrected chi connectivity index (χ4v) is 1.76. The standard InChI is InChI=1S/C13H11BrO4/c1-16-8-3-5-11(17-2)9(7-8)12-6-4-10(14)13(15)18-12/h3-7H,1-2H3. The highest BCUT2D eigenvalue weighted by Crippen LogP contribution is 2.33. The van der Waals surface area contributed by atoms with E-state index in [2.05, 4.69) is 15.9 Å². The monoisotopic (exact) mass is 310 g/mol. The second kappa shape index (κ2) is 5.27. The van der Waals surface area contributed by atoms with Gasteiger partial charge in [0.2, 0.25) is 0 Å². The zero-order valence-corrected chi connectivity index (χ0v) is 11.5. The van der Waals surface area contributed by atoms with Gasteiger partial charge in [0, 0.05) is 0 Å². The summed E-state index contributed by atoms with van der Waals surface area (Å²) in [6, 6.07) is 8.63. The Kier molecular flexibility index (Phi) is 3.72. The topological polar surface area (TPSA) is 48.7 Å². The van der Waals surface area contributed by atoms with Gasteiger partial charge >= 0.3 is 5.63 Å². The smallest absolute Gasteiger partial charge is 0.350 e. The maximum atomic E-state index is 11.5. The number of ether oxygens (including phenoxy) is 2. The normalized spacial score (nSPS) is 10.2. The van der Waals surface area contributed by atoms with Crippen molar-refractivity contribution in [2.45, 2.75) is 0 Å². The van der Waals surface area contributed by atoms with Crippen molar-refractivity contribution in [3.8, 4) is 22.8 Å². The van der Waals surface area contributed by atoms with Crippen molar-refractivity contribution in [1.82, 2.24) is 0 Å². The molecule has 0 aliphatic heterocycles. The lowest BCUT2D eigenvalue weighted by Crippen LogP contribution is -2.00. The van der Waals surface area contributed by atoms with E-state index in [1.54, 1.807) is 44.6 Å². The summed E-state index contributed by atoms with van der Waals surface area (Å²) < 4.78 is 16.0. The molecule has 0 radical (unpaired) electrons. The van der Waals surface area contributed by atoms with Crippen LogP contribution in [0.5, 0.6) is 11.5 Å². The minimum atomic E-state index is -0.433. The molecule has 0 amide bonds. The summed E-state index contributed by atoms with van der Waals surface area (Å²) in [6.07, 6.45) is 0.